The van der Waals surface area contributed by atoms with Gasteiger partial charge < -0.3 is 20.5 Å². The second-order valence-electron chi connectivity index (χ2n) is 10.7. The number of amides is 3. The first kappa shape index (κ1) is 25.4. The van der Waals surface area contributed by atoms with Crippen LogP contribution in [0.3, 0.4) is 0 Å². The molecular formula is C28H32FN7O3. The van der Waals surface area contributed by atoms with Crippen LogP contribution in [0.25, 0.3) is 11.0 Å². The van der Waals surface area contributed by atoms with Gasteiger partial charge in [0.2, 0.25) is 5.91 Å². The first-order chi connectivity index (χ1) is 19.0. The van der Waals surface area contributed by atoms with E-state index in [-0.39, 0.29) is 41.4 Å². The lowest BCUT2D eigenvalue weighted by atomic mass is 9.82. The Morgan fingerprint density at radius 2 is 1.95 bits per heavy atom. The predicted molar refractivity (Wildman–Crippen MR) is 142 cm³/mol. The van der Waals surface area contributed by atoms with Gasteiger partial charge in [-0.05, 0) is 74.5 Å². The van der Waals surface area contributed by atoms with E-state index in [2.05, 4.69) is 31.5 Å². The van der Waals surface area contributed by atoms with E-state index in [0.717, 1.165) is 36.0 Å². The molecule has 3 aliphatic heterocycles. The van der Waals surface area contributed by atoms with Crippen LogP contribution in [-0.4, -0.2) is 70.3 Å². The number of piperidine rings is 2. The van der Waals surface area contributed by atoms with Crippen molar-refractivity contribution in [2.45, 2.75) is 50.2 Å². The molecule has 0 spiro atoms. The lowest BCUT2D eigenvalue weighted by Crippen LogP contribution is -2.67. The molecule has 5 N–H and O–H groups in total. The molecule has 0 bridgehead atoms. The third-order valence-corrected chi connectivity index (χ3v) is 8.17. The molecule has 6 rings (SSSR count). The fourth-order valence-electron chi connectivity index (χ4n) is 6.02. The van der Waals surface area contributed by atoms with Gasteiger partial charge in [0.1, 0.15) is 5.82 Å². The largest absolute Gasteiger partial charge is 0.349 e. The molecular weight excluding hydrogens is 501 g/mol. The zero-order chi connectivity index (χ0) is 26.9. The summed E-state index contributed by atoms with van der Waals surface area (Å²) < 4.78 is 14.7. The minimum Gasteiger partial charge on any atom is -0.349 e. The number of nitrogens with one attached hydrogen (secondary N) is 5. The van der Waals surface area contributed by atoms with Gasteiger partial charge in [0.05, 0.1) is 28.8 Å². The van der Waals surface area contributed by atoms with Crippen LogP contribution < -0.4 is 21.5 Å². The van der Waals surface area contributed by atoms with Gasteiger partial charge in [0, 0.05) is 36.8 Å². The number of carbonyl (C=O) groups is 3. The van der Waals surface area contributed by atoms with Crippen LogP contribution in [0, 0.1) is 11.7 Å². The van der Waals surface area contributed by atoms with Crippen molar-refractivity contribution in [3.8, 4) is 0 Å². The molecule has 4 heterocycles. The van der Waals surface area contributed by atoms with Gasteiger partial charge in [-0.25, -0.2) is 14.8 Å². The maximum atomic E-state index is 14.7. The van der Waals surface area contributed by atoms with Gasteiger partial charge in [0.25, 0.3) is 11.8 Å². The van der Waals surface area contributed by atoms with Crippen molar-refractivity contribution in [1.82, 2.24) is 36.4 Å². The summed E-state index contributed by atoms with van der Waals surface area (Å²) in [6, 6.07) is 9.79. The van der Waals surface area contributed by atoms with Crippen LogP contribution in [0.1, 0.15) is 52.0 Å². The number of hydrogen-bond acceptors (Lipinski definition) is 6. The Morgan fingerprint density at radius 3 is 2.79 bits per heavy atom. The fraction of sp³-hybridized carbons (Fsp3) is 0.429. The topological polar surface area (TPSA) is 131 Å². The second kappa shape index (κ2) is 10.7. The van der Waals surface area contributed by atoms with Crippen LogP contribution in [0.4, 0.5) is 4.39 Å². The minimum absolute atomic E-state index is 0.00532. The minimum atomic E-state index is -0.573. The Hall–Kier alpha value is -3.83. The van der Waals surface area contributed by atoms with Crippen molar-refractivity contribution in [1.29, 1.82) is 0 Å². The summed E-state index contributed by atoms with van der Waals surface area (Å²) in [7, 11) is 0. The van der Waals surface area contributed by atoms with Gasteiger partial charge in [0.15, 0.2) is 0 Å². The number of halogens is 1. The van der Waals surface area contributed by atoms with Crippen LogP contribution in [0.5, 0.6) is 0 Å². The molecule has 39 heavy (non-hydrogen) atoms. The number of hydrazine groups is 1. The van der Waals surface area contributed by atoms with Crippen molar-refractivity contribution < 1.29 is 18.8 Å². The highest BCUT2D eigenvalue weighted by Gasteiger charge is 2.40. The number of carbonyl (C=O) groups excluding carboxylic acids is 3. The lowest BCUT2D eigenvalue weighted by Gasteiger charge is -2.41. The summed E-state index contributed by atoms with van der Waals surface area (Å²) in [5, 5.41) is 6.41. The maximum Gasteiger partial charge on any atom is 0.254 e. The quantitative estimate of drug-likeness (QED) is 0.339. The average Bonchev–Trinajstić information content (AvgIpc) is 3.44. The number of H-pyrrole nitrogens is 1. The Balaban J connectivity index is 1.06. The molecule has 3 unspecified atom stereocenters. The van der Waals surface area contributed by atoms with E-state index in [4.69, 9.17) is 0 Å². The molecule has 10 nitrogen and oxygen atoms in total. The standard InChI is InChI=1S/C28H32FN7O3/c29-21-5-3-16(13-24-25-19(2-1-9-30-25)27(38)35-34-24)12-20(21)26(37)33-18-7-10-36(11-8-18)28(39)17-4-6-22-23(14-17)32-15-31-22/h3-6,12,14-15,18-19,24-25,30,34H,1-2,7-11,13H2,(H,31,32)(H,33,37)(H,35,38). The zero-order valence-corrected chi connectivity index (χ0v) is 21.5. The number of benzene rings is 2. The molecule has 11 heteroatoms. The maximum absolute atomic E-state index is 14.7. The van der Waals surface area contributed by atoms with Gasteiger partial charge in [-0.15, -0.1) is 0 Å². The van der Waals surface area contributed by atoms with E-state index in [9.17, 15) is 18.8 Å². The van der Waals surface area contributed by atoms with E-state index in [0.29, 0.717) is 37.9 Å². The molecule has 3 aromatic rings. The van der Waals surface area contributed by atoms with E-state index < -0.39 is 11.7 Å². The highest BCUT2D eigenvalue weighted by atomic mass is 19.1. The molecule has 3 atom stereocenters. The Kier molecular flexibility index (Phi) is 7.01. The van der Waals surface area contributed by atoms with Crippen LogP contribution in [0.15, 0.2) is 42.7 Å². The molecule has 0 radical (unpaired) electrons. The average molecular weight is 534 g/mol. The summed E-state index contributed by atoms with van der Waals surface area (Å²) in [5.74, 6) is -1.19. The Bertz CT molecular complexity index is 1400. The summed E-state index contributed by atoms with van der Waals surface area (Å²) >= 11 is 0. The summed E-state index contributed by atoms with van der Waals surface area (Å²) in [6.45, 7) is 1.86. The first-order valence-corrected chi connectivity index (χ1v) is 13.6. The fourth-order valence-corrected chi connectivity index (χ4v) is 6.02. The van der Waals surface area contributed by atoms with Gasteiger partial charge in [-0.2, -0.15) is 0 Å². The SMILES string of the molecule is O=C(NC1CCN(C(=O)c2ccc3nc[nH]c3c2)CC1)c1cc(CC2NNC(=O)C3CCCNC23)ccc1F. The molecule has 0 aliphatic carbocycles. The lowest BCUT2D eigenvalue weighted by molar-refractivity contribution is -0.131. The van der Waals surface area contributed by atoms with E-state index >= 15 is 0 Å². The predicted octanol–water partition coefficient (Wildman–Crippen LogP) is 1.65. The first-order valence-electron chi connectivity index (χ1n) is 13.6. The number of rotatable bonds is 5. The molecule has 3 aliphatic rings. The normalized spacial score (nSPS) is 23.8. The van der Waals surface area contributed by atoms with Gasteiger partial charge in [-0.1, -0.05) is 6.07 Å². The Morgan fingerprint density at radius 1 is 1.10 bits per heavy atom. The number of imidazole rings is 1. The third kappa shape index (κ3) is 5.24. The molecule has 3 amide bonds. The number of hydrogen-bond donors (Lipinski definition) is 5. The van der Waals surface area contributed by atoms with Crippen LogP contribution in [-0.2, 0) is 11.2 Å². The van der Waals surface area contributed by atoms with Gasteiger partial charge >= 0.3 is 0 Å². The van der Waals surface area contributed by atoms with Crippen molar-refractivity contribution >= 4 is 28.8 Å². The molecule has 3 saturated heterocycles. The van der Waals surface area contributed by atoms with E-state index in [1.54, 1.807) is 35.5 Å². The molecule has 3 fully saturated rings. The van der Waals surface area contributed by atoms with Crippen molar-refractivity contribution in [3.63, 3.8) is 0 Å². The zero-order valence-electron chi connectivity index (χ0n) is 21.5. The smallest absolute Gasteiger partial charge is 0.254 e. The number of aromatic amines is 1. The van der Waals surface area contributed by atoms with Crippen molar-refractivity contribution in [2.24, 2.45) is 5.92 Å². The molecule has 204 valence electrons. The summed E-state index contributed by atoms with van der Waals surface area (Å²) in [5.41, 5.74) is 8.88. The molecule has 1 aromatic heterocycles. The molecule has 0 saturated carbocycles. The number of likely N-dealkylation sites (tertiary alicyclic amines) is 1. The van der Waals surface area contributed by atoms with Crippen LogP contribution >= 0.6 is 0 Å². The number of fused-ring (bicyclic) bond motifs is 2. The van der Waals surface area contributed by atoms with E-state index in [1.165, 1.54) is 6.07 Å². The molecule has 2 aromatic carbocycles. The number of aromatic nitrogens is 2. The van der Waals surface area contributed by atoms with Crippen molar-refractivity contribution in [3.05, 3.63) is 65.2 Å². The highest BCUT2D eigenvalue weighted by Crippen LogP contribution is 2.24. The Labute approximate surface area is 225 Å². The second-order valence-corrected chi connectivity index (χ2v) is 10.7. The highest BCUT2D eigenvalue weighted by molar-refractivity contribution is 5.97. The third-order valence-electron chi connectivity index (χ3n) is 8.17. The summed E-state index contributed by atoms with van der Waals surface area (Å²) in [6.07, 6.45) is 5.11. The van der Waals surface area contributed by atoms with Gasteiger partial charge in [-0.3, -0.25) is 19.8 Å². The van der Waals surface area contributed by atoms with E-state index in [1.807, 2.05) is 6.07 Å². The van der Waals surface area contributed by atoms with Crippen LogP contribution in [0.2, 0.25) is 0 Å². The number of nitrogens with zero attached hydrogens (tertiary/aromatic N) is 2. The summed E-state index contributed by atoms with van der Waals surface area (Å²) in [4.78, 5) is 47.3. The monoisotopic (exact) mass is 533 g/mol. The van der Waals surface area contributed by atoms with Crippen molar-refractivity contribution in [2.75, 3.05) is 19.6 Å².